The van der Waals surface area contributed by atoms with Crippen LogP contribution in [0.3, 0.4) is 0 Å². The number of fused-ring (bicyclic) bond motifs is 1. The van der Waals surface area contributed by atoms with E-state index in [4.69, 9.17) is 0 Å². The standard InChI is InChI=1S/C14H9BrN2O/c15-10-3-1-2-9(6-10)14(18)12-8-17-13-4-5-16-7-11(12)13/h1-8,17H. The molecule has 3 aromatic rings. The minimum absolute atomic E-state index is 0.00412. The van der Waals surface area contributed by atoms with Gasteiger partial charge in [-0.15, -0.1) is 0 Å². The fourth-order valence-corrected chi connectivity index (χ4v) is 2.33. The summed E-state index contributed by atoms with van der Waals surface area (Å²) in [5.74, 6) is -0.00412. The lowest BCUT2D eigenvalue weighted by atomic mass is 10.0. The molecule has 0 amide bonds. The van der Waals surface area contributed by atoms with Gasteiger partial charge in [-0.3, -0.25) is 9.78 Å². The Morgan fingerprint density at radius 2 is 2.17 bits per heavy atom. The molecule has 0 aliphatic rings. The summed E-state index contributed by atoms with van der Waals surface area (Å²) in [7, 11) is 0. The van der Waals surface area contributed by atoms with E-state index in [0.29, 0.717) is 11.1 Å². The van der Waals surface area contributed by atoms with Crippen LogP contribution in [0.1, 0.15) is 15.9 Å². The third-order valence-corrected chi connectivity index (χ3v) is 3.31. The second-order valence-electron chi connectivity index (χ2n) is 3.96. The first-order valence-corrected chi connectivity index (χ1v) is 6.26. The number of halogens is 1. The van der Waals surface area contributed by atoms with E-state index in [9.17, 15) is 4.79 Å². The van der Waals surface area contributed by atoms with Gasteiger partial charge in [-0.25, -0.2) is 0 Å². The van der Waals surface area contributed by atoms with Gasteiger partial charge < -0.3 is 4.98 Å². The van der Waals surface area contributed by atoms with Crippen molar-refractivity contribution < 1.29 is 4.79 Å². The lowest BCUT2D eigenvalue weighted by molar-refractivity contribution is 0.104. The van der Waals surface area contributed by atoms with Crippen molar-refractivity contribution in [3.05, 3.63) is 64.5 Å². The highest BCUT2D eigenvalue weighted by atomic mass is 79.9. The van der Waals surface area contributed by atoms with Crippen molar-refractivity contribution in [1.82, 2.24) is 9.97 Å². The summed E-state index contributed by atoms with van der Waals surface area (Å²) < 4.78 is 0.895. The molecule has 0 aliphatic heterocycles. The summed E-state index contributed by atoms with van der Waals surface area (Å²) in [6.45, 7) is 0. The molecule has 0 saturated carbocycles. The van der Waals surface area contributed by atoms with E-state index >= 15 is 0 Å². The van der Waals surface area contributed by atoms with E-state index in [0.717, 1.165) is 15.4 Å². The van der Waals surface area contributed by atoms with Crippen molar-refractivity contribution in [2.24, 2.45) is 0 Å². The lowest BCUT2D eigenvalue weighted by Gasteiger charge is -2.00. The number of nitrogens with zero attached hydrogens (tertiary/aromatic N) is 1. The van der Waals surface area contributed by atoms with Crippen LogP contribution in [0.15, 0.2) is 53.4 Å². The van der Waals surface area contributed by atoms with Crippen LogP contribution in [-0.4, -0.2) is 15.8 Å². The van der Waals surface area contributed by atoms with Crippen molar-refractivity contribution in [3.63, 3.8) is 0 Å². The smallest absolute Gasteiger partial charge is 0.195 e. The number of pyridine rings is 1. The number of aromatic amines is 1. The zero-order chi connectivity index (χ0) is 12.5. The summed E-state index contributed by atoms with van der Waals surface area (Å²) in [6, 6.07) is 9.23. The predicted molar refractivity (Wildman–Crippen MR) is 73.7 cm³/mol. The molecule has 0 saturated heterocycles. The number of hydrogen-bond donors (Lipinski definition) is 1. The number of benzene rings is 1. The third kappa shape index (κ3) is 1.84. The zero-order valence-corrected chi connectivity index (χ0v) is 10.9. The van der Waals surface area contributed by atoms with Crippen LogP contribution in [0.4, 0.5) is 0 Å². The monoisotopic (exact) mass is 300 g/mol. The highest BCUT2D eigenvalue weighted by Crippen LogP contribution is 2.21. The van der Waals surface area contributed by atoms with Gasteiger partial charge in [0.15, 0.2) is 5.78 Å². The van der Waals surface area contributed by atoms with Gasteiger partial charge in [0.1, 0.15) is 0 Å². The van der Waals surface area contributed by atoms with Crippen LogP contribution >= 0.6 is 15.9 Å². The Morgan fingerprint density at radius 3 is 3.00 bits per heavy atom. The quantitative estimate of drug-likeness (QED) is 0.736. The second kappa shape index (κ2) is 4.38. The van der Waals surface area contributed by atoms with Crippen LogP contribution in [0.5, 0.6) is 0 Å². The molecule has 0 spiro atoms. The maximum Gasteiger partial charge on any atom is 0.195 e. The van der Waals surface area contributed by atoms with Crippen LogP contribution in [0.25, 0.3) is 10.9 Å². The number of H-pyrrole nitrogens is 1. The highest BCUT2D eigenvalue weighted by molar-refractivity contribution is 9.10. The van der Waals surface area contributed by atoms with E-state index in [-0.39, 0.29) is 5.78 Å². The molecule has 2 aromatic heterocycles. The van der Waals surface area contributed by atoms with Crippen molar-refractivity contribution in [1.29, 1.82) is 0 Å². The first-order chi connectivity index (χ1) is 8.75. The molecule has 0 atom stereocenters. The number of carbonyl (C=O) groups excluding carboxylic acids is 1. The van der Waals surface area contributed by atoms with E-state index in [1.54, 1.807) is 18.6 Å². The molecule has 3 nitrogen and oxygen atoms in total. The Kier molecular flexibility index (Phi) is 2.72. The molecule has 2 heterocycles. The molecule has 88 valence electrons. The minimum Gasteiger partial charge on any atom is -0.360 e. The molecule has 0 fully saturated rings. The Labute approximate surface area is 112 Å². The third-order valence-electron chi connectivity index (χ3n) is 2.81. The molecule has 0 radical (unpaired) electrons. The molecule has 4 heteroatoms. The molecular formula is C14H9BrN2O. The molecule has 1 aromatic carbocycles. The highest BCUT2D eigenvalue weighted by Gasteiger charge is 2.14. The molecule has 3 rings (SSSR count). The fraction of sp³-hybridized carbons (Fsp3) is 0. The van der Waals surface area contributed by atoms with Gasteiger partial charge in [-0.1, -0.05) is 28.1 Å². The maximum atomic E-state index is 12.4. The van der Waals surface area contributed by atoms with Crippen molar-refractivity contribution in [2.75, 3.05) is 0 Å². The van der Waals surface area contributed by atoms with Crippen LogP contribution in [-0.2, 0) is 0 Å². The number of carbonyl (C=O) groups is 1. The molecule has 18 heavy (non-hydrogen) atoms. The average molecular weight is 301 g/mol. The van der Waals surface area contributed by atoms with E-state index in [2.05, 4.69) is 25.9 Å². The molecule has 1 N–H and O–H groups in total. The zero-order valence-electron chi connectivity index (χ0n) is 9.35. The number of nitrogens with one attached hydrogen (secondary N) is 1. The second-order valence-corrected chi connectivity index (χ2v) is 4.88. The summed E-state index contributed by atoms with van der Waals surface area (Å²) in [5.41, 5.74) is 2.23. The fourth-order valence-electron chi connectivity index (χ4n) is 1.94. The van der Waals surface area contributed by atoms with Gasteiger partial charge in [-0.2, -0.15) is 0 Å². The number of ketones is 1. The van der Waals surface area contributed by atoms with E-state index in [1.807, 2.05) is 30.3 Å². The summed E-state index contributed by atoms with van der Waals surface area (Å²) in [6.07, 6.45) is 5.14. The SMILES string of the molecule is O=C(c1cccc(Br)c1)c1c[nH]c2ccncc12. The Hall–Kier alpha value is -1.94. The van der Waals surface area contributed by atoms with Gasteiger partial charge in [0.2, 0.25) is 0 Å². The first-order valence-electron chi connectivity index (χ1n) is 5.47. The molecule has 0 unspecified atom stereocenters. The summed E-state index contributed by atoms with van der Waals surface area (Å²) >= 11 is 3.37. The Balaban J connectivity index is 2.12. The van der Waals surface area contributed by atoms with Crippen molar-refractivity contribution in [3.8, 4) is 0 Å². The minimum atomic E-state index is -0.00412. The maximum absolute atomic E-state index is 12.4. The van der Waals surface area contributed by atoms with Crippen molar-refractivity contribution in [2.45, 2.75) is 0 Å². The van der Waals surface area contributed by atoms with Gasteiger partial charge in [0.25, 0.3) is 0 Å². The van der Waals surface area contributed by atoms with Crippen LogP contribution in [0.2, 0.25) is 0 Å². The van der Waals surface area contributed by atoms with Crippen LogP contribution in [0, 0.1) is 0 Å². The van der Waals surface area contributed by atoms with E-state index in [1.165, 1.54) is 0 Å². The van der Waals surface area contributed by atoms with Gasteiger partial charge in [0.05, 0.1) is 0 Å². The largest absolute Gasteiger partial charge is 0.360 e. The average Bonchev–Trinajstić information content (AvgIpc) is 2.82. The Morgan fingerprint density at radius 1 is 1.28 bits per heavy atom. The summed E-state index contributed by atoms with van der Waals surface area (Å²) in [5, 5.41) is 0.850. The van der Waals surface area contributed by atoms with Gasteiger partial charge in [0, 0.05) is 45.1 Å². The van der Waals surface area contributed by atoms with Gasteiger partial charge >= 0.3 is 0 Å². The topological polar surface area (TPSA) is 45.8 Å². The van der Waals surface area contributed by atoms with Gasteiger partial charge in [-0.05, 0) is 18.2 Å². The lowest BCUT2D eigenvalue weighted by Crippen LogP contribution is -2.00. The van der Waals surface area contributed by atoms with Crippen molar-refractivity contribution >= 4 is 32.6 Å². The molecular weight excluding hydrogens is 292 g/mol. The first kappa shape index (κ1) is 11.2. The number of rotatable bonds is 2. The normalized spacial score (nSPS) is 10.7. The van der Waals surface area contributed by atoms with Crippen LogP contribution < -0.4 is 0 Å². The van der Waals surface area contributed by atoms with E-state index < -0.39 is 0 Å². The number of aromatic nitrogens is 2. The molecule has 0 aliphatic carbocycles. The molecule has 0 bridgehead atoms. The predicted octanol–water partition coefficient (Wildman–Crippen LogP) is 3.56. The summed E-state index contributed by atoms with van der Waals surface area (Å²) in [4.78, 5) is 19.5. The number of hydrogen-bond acceptors (Lipinski definition) is 2. The Bertz CT molecular complexity index is 733.